The van der Waals surface area contributed by atoms with Gasteiger partial charge in [0.25, 0.3) is 0 Å². The Labute approximate surface area is 168 Å². The number of nitrogens with zero attached hydrogens (tertiary/aromatic N) is 1. The molecule has 0 aliphatic carbocycles. The van der Waals surface area contributed by atoms with Crippen LogP contribution in [0.15, 0.2) is 72.8 Å². The number of rotatable bonds is 5. The van der Waals surface area contributed by atoms with Crippen molar-refractivity contribution < 1.29 is 0 Å². The smallest absolute Gasteiger partial charge is 0.138 e. The zero-order valence-electron chi connectivity index (χ0n) is 16.8. The van der Waals surface area contributed by atoms with Gasteiger partial charge in [0.1, 0.15) is 11.7 Å². The van der Waals surface area contributed by atoms with Gasteiger partial charge in [0.15, 0.2) is 0 Å². The monoisotopic (exact) mass is 369 g/mol. The van der Waals surface area contributed by atoms with Crippen molar-refractivity contribution in [1.29, 1.82) is 0 Å². The summed E-state index contributed by atoms with van der Waals surface area (Å²) in [6, 6.07) is 26.3. The Balaban J connectivity index is 1.75. The van der Waals surface area contributed by atoms with Crippen molar-refractivity contribution in [3.05, 3.63) is 95.1 Å². The van der Waals surface area contributed by atoms with Crippen LogP contribution in [-0.2, 0) is 6.42 Å². The lowest BCUT2D eigenvalue weighted by Gasteiger charge is -2.39. The summed E-state index contributed by atoms with van der Waals surface area (Å²) in [5, 5.41) is 0. The standard InChI is InChI=1S/C26H29N2/c1-3-28(4-2)25(21-13-9-6-10-14-21)18-23-17-22(24(27)19-26(23)28)16-15-20-11-7-5-8-12-20/h5-17,19,25H,3-4,18,27H2,1-2H3/q+1/b16-15+. The highest BCUT2D eigenvalue weighted by molar-refractivity contribution is 5.79. The van der Waals surface area contributed by atoms with Crippen LogP contribution in [-0.4, -0.2) is 13.1 Å². The molecule has 142 valence electrons. The van der Waals surface area contributed by atoms with Crippen LogP contribution in [0.5, 0.6) is 0 Å². The summed E-state index contributed by atoms with van der Waals surface area (Å²) in [5.41, 5.74) is 13.9. The first-order valence-electron chi connectivity index (χ1n) is 10.3. The van der Waals surface area contributed by atoms with E-state index >= 15 is 0 Å². The number of fused-ring (bicyclic) bond motifs is 1. The summed E-state index contributed by atoms with van der Waals surface area (Å²) >= 11 is 0. The number of likely N-dealkylation sites (N-methyl/N-ethyl adjacent to an activating group) is 1. The van der Waals surface area contributed by atoms with Crippen LogP contribution in [0.4, 0.5) is 11.4 Å². The first kappa shape index (κ1) is 18.5. The van der Waals surface area contributed by atoms with E-state index < -0.39 is 0 Å². The van der Waals surface area contributed by atoms with E-state index in [0.717, 1.165) is 35.2 Å². The minimum atomic E-state index is 0.457. The topological polar surface area (TPSA) is 26.0 Å². The van der Waals surface area contributed by atoms with Gasteiger partial charge < -0.3 is 5.73 Å². The molecule has 0 aromatic heterocycles. The Morgan fingerprint density at radius 2 is 1.54 bits per heavy atom. The van der Waals surface area contributed by atoms with Gasteiger partial charge >= 0.3 is 0 Å². The molecule has 28 heavy (non-hydrogen) atoms. The molecule has 1 atom stereocenters. The first-order chi connectivity index (χ1) is 13.7. The number of benzene rings is 3. The molecule has 4 rings (SSSR count). The number of nitrogen functional groups attached to an aromatic ring is 1. The third kappa shape index (κ3) is 3.14. The lowest BCUT2D eigenvalue weighted by molar-refractivity contribution is 0.241. The number of hydrogen-bond donors (Lipinski definition) is 1. The SMILES string of the molecule is CC[N+]1(CC)c2cc(N)c(/C=C/c3ccccc3)cc2CC1c1ccccc1. The second-order valence-electron chi connectivity index (χ2n) is 7.65. The van der Waals surface area contributed by atoms with Gasteiger partial charge in [0.05, 0.1) is 13.1 Å². The summed E-state index contributed by atoms with van der Waals surface area (Å²) < 4.78 is 0.978. The normalized spacial score (nSPS) is 17.7. The van der Waals surface area contributed by atoms with Gasteiger partial charge in [0.2, 0.25) is 0 Å². The molecule has 1 heterocycles. The van der Waals surface area contributed by atoms with E-state index in [0.29, 0.717) is 6.04 Å². The molecule has 1 unspecified atom stereocenters. The van der Waals surface area contributed by atoms with Gasteiger partial charge in [-0.05, 0) is 31.0 Å². The van der Waals surface area contributed by atoms with Crippen LogP contribution in [0.25, 0.3) is 12.2 Å². The Kier molecular flexibility index (Phi) is 5.06. The van der Waals surface area contributed by atoms with Crippen LogP contribution in [0.2, 0.25) is 0 Å². The molecule has 0 bridgehead atoms. The average molecular weight is 370 g/mol. The Morgan fingerprint density at radius 1 is 0.893 bits per heavy atom. The van der Waals surface area contributed by atoms with Crippen LogP contribution in [0.3, 0.4) is 0 Å². The van der Waals surface area contributed by atoms with E-state index in [-0.39, 0.29) is 0 Å². The third-order valence-electron chi connectivity index (χ3n) is 6.34. The van der Waals surface area contributed by atoms with E-state index in [1.54, 1.807) is 0 Å². The van der Waals surface area contributed by atoms with E-state index in [1.165, 1.54) is 22.4 Å². The molecule has 1 aliphatic rings. The number of hydrogen-bond acceptors (Lipinski definition) is 1. The molecule has 0 fully saturated rings. The second-order valence-corrected chi connectivity index (χ2v) is 7.65. The van der Waals surface area contributed by atoms with Gasteiger partial charge in [-0.25, -0.2) is 0 Å². The van der Waals surface area contributed by atoms with Crippen LogP contribution in [0.1, 0.15) is 42.1 Å². The van der Waals surface area contributed by atoms with E-state index in [2.05, 4.69) is 92.7 Å². The van der Waals surface area contributed by atoms with Crippen LogP contribution < -0.4 is 10.2 Å². The third-order valence-corrected chi connectivity index (χ3v) is 6.34. The molecule has 2 N–H and O–H groups in total. The summed E-state index contributed by atoms with van der Waals surface area (Å²) in [5.74, 6) is 0. The summed E-state index contributed by atoms with van der Waals surface area (Å²) in [4.78, 5) is 0. The molecular weight excluding hydrogens is 340 g/mol. The van der Waals surface area contributed by atoms with Gasteiger partial charge in [-0.1, -0.05) is 72.8 Å². The largest absolute Gasteiger partial charge is 0.398 e. The van der Waals surface area contributed by atoms with Crippen molar-refractivity contribution in [2.75, 3.05) is 18.8 Å². The predicted octanol–water partition coefficient (Wildman–Crippen LogP) is 6.08. The molecule has 0 amide bonds. The van der Waals surface area contributed by atoms with Gasteiger partial charge in [-0.3, -0.25) is 4.48 Å². The van der Waals surface area contributed by atoms with Gasteiger partial charge in [0, 0.05) is 29.3 Å². The van der Waals surface area contributed by atoms with Crippen LogP contribution in [0, 0.1) is 0 Å². The maximum absolute atomic E-state index is 6.51. The second kappa shape index (κ2) is 7.65. The molecule has 2 heteroatoms. The van der Waals surface area contributed by atoms with Crippen molar-refractivity contribution in [3.8, 4) is 0 Å². The fourth-order valence-electron chi connectivity index (χ4n) is 4.78. The van der Waals surface area contributed by atoms with Crippen LogP contribution >= 0.6 is 0 Å². The number of quaternary nitrogens is 1. The van der Waals surface area contributed by atoms with Crippen molar-refractivity contribution in [1.82, 2.24) is 4.48 Å². The molecule has 3 aromatic carbocycles. The quantitative estimate of drug-likeness (QED) is 0.329. The van der Waals surface area contributed by atoms with Crippen molar-refractivity contribution in [2.24, 2.45) is 0 Å². The molecule has 1 aliphatic heterocycles. The fraction of sp³-hybridized carbons (Fsp3) is 0.231. The van der Waals surface area contributed by atoms with E-state index in [9.17, 15) is 0 Å². The van der Waals surface area contributed by atoms with E-state index in [4.69, 9.17) is 5.73 Å². The van der Waals surface area contributed by atoms with Crippen molar-refractivity contribution in [3.63, 3.8) is 0 Å². The minimum Gasteiger partial charge on any atom is -0.398 e. The minimum absolute atomic E-state index is 0.457. The molecule has 0 radical (unpaired) electrons. The lowest BCUT2D eigenvalue weighted by atomic mass is 10.00. The average Bonchev–Trinajstić information content (AvgIpc) is 3.07. The summed E-state index contributed by atoms with van der Waals surface area (Å²) in [6.45, 7) is 6.74. The highest BCUT2D eigenvalue weighted by Gasteiger charge is 2.45. The molecule has 3 aromatic rings. The van der Waals surface area contributed by atoms with Gasteiger partial charge in [-0.2, -0.15) is 0 Å². The van der Waals surface area contributed by atoms with Crippen molar-refractivity contribution >= 4 is 23.5 Å². The maximum Gasteiger partial charge on any atom is 0.138 e. The lowest BCUT2D eigenvalue weighted by Crippen LogP contribution is -2.49. The number of anilines is 1. The zero-order valence-corrected chi connectivity index (χ0v) is 16.8. The molecule has 0 saturated heterocycles. The summed E-state index contributed by atoms with van der Waals surface area (Å²) in [6.07, 6.45) is 5.35. The Morgan fingerprint density at radius 3 is 2.18 bits per heavy atom. The summed E-state index contributed by atoms with van der Waals surface area (Å²) in [7, 11) is 0. The highest BCUT2D eigenvalue weighted by Crippen LogP contribution is 2.48. The highest BCUT2D eigenvalue weighted by atomic mass is 15.4. The Bertz CT molecular complexity index is 970. The maximum atomic E-state index is 6.51. The molecule has 0 spiro atoms. The van der Waals surface area contributed by atoms with Gasteiger partial charge in [-0.15, -0.1) is 0 Å². The van der Waals surface area contributed by atoms with E-state index in [1.807, 2.05) is 6.07 Å². The molecule has 0 saturated carbocycles. The zero-order chi connectivity index (χ0) is 19.6. The predicted molar refractivity (Wildman–Crippen MR) is 122 cm³/mol. The molecule has 2 nitrogen and oxygen atoms in total. The first-order valence-corrected chi connectivity index (χ1v) is 10.3. The number of nitrogens with two attached hydrogens (primary N) is 1. The fourth-order valence-corrected chi connectivity index (χ4v) is 4.78. The molecular formula is C26H29N2+. The Hall–Kier alpha value is -2.84. The van der Waals surface area contributed by atoms with Crippen molar-refractivity contribution in [2.45, 2.75) is 26.3 Å².